The summed E-state index contributed by atoms with van der Waals surface area (Å²) >= 11 is 9.66. The van der Waals surface area contributed by atoms with Crippen molar-refractivity contribution in [3.8, 4) is 11.7 Å². The standard InChI is InChI=1S/C21H21BrClN5O3/c1-4-7-25-20(29)14-10-13(22)9-12(2)18(14)26-21(30)16-11-17(31-3)27-28(16)19-15(23)6-5-8-24-19/h5-6,8-11H,4,7H2,1-3H3,(H,25,29)(H,26,30). The number of hydrogen-bond donors (Lipinski definition) is 2. The number of halogens is 2. The van der Waals surface area contributed by atoms with E-state index in [2.05, 4.69) is 36.6 Å². The Morgan fingerprint density at radius 2 is 2.03 bits per heavy atom. The molecule has 0 fully saturated rings. The quantitative estimate of drug-likeness (QED) is 0.495. The third-order valence-electron chi connectivity index (χ3n) is 4.39. The molecule has 2 aromatic heterocycles. The van der Waals surface area contributed by atoms with Gasteiger partial charge in [0.1, 0.15) is 5.69 Å². The number of ether oxygens (including phenoxy) is 1. The third-order valence-corrected chi connectivity index (χ3v) is 5.14. The molecule has 2 heterocycles. The summed E-state index contributed by atoms with van der Waals surface area (Å²) in [6.07, 6.45) is 2.34. The molecule has 0 unspecified atom stereocenters. The minimum absolute atomic E-state index is 0.152. The number of amides is 2. The summed E-state index contributed by atoms with van der Waals surface area (Å²) in [5, 5.41) is 10.3. The van der Waals surface area contributed by atoms with Crippen LogP contribution in [0.3, 0.4) is 0 Å². The van der Waals surface area contributed by atoms with E-state index in [4.69, 9.17) is 16.3 Å². The fraction of sp³-hybridized carbons (Fsp3) is 0.238. The van der Waals surface area contributed by atoms with Crippen molar-refractivity contribution in [1.29, 1.82) is 0 Å². The van der Waals surface area contributed by atoms with Gasteiger partial charge in [-0.3, -0.25) is 9.59 Å². The number of aromatic nitrogens is 3. The molecule has 0 atom stereocenters. The second kappa shape index (κ2) is 9.93. The Balaban J connectivity index is 2.02. The molecule has 0 aliphatic rings. The molecule has 0 saturated carbocycles. The van der Waals surface area contributed by atoms with E-state index >= 15 is 0 Å². The van der Waals surface area contributed by atoms with E-state index in [9.17, 15) is 9.59 Å². The van der Waals surface area contributed by atoms with Crippen LogP contribution in [0.4, 0.5) is 5.69 Å². The van der Waals surface area contributed by atoms with Gasteiger partial charge in [-0.1, -0.05) is 34.5 Å². The molecule has 31 heavy (non-hydrogen) atoms. The van der Waals surface area contributed by atoms with Crippen LogP contribution in [0.1, 0.15) is 39.8 Å². The van der Waals surface area contributed by atoms with Gasteiger partial charge in [0.15, 0.2) is 5.82 Å². The Bertz CT molecular complexity index is 1130. The smallest absolute Gasteiger partial charge is 0.274 e. The van der Waals surface area contributed by atoms with E-state index in [1.165, 1.54) is 17.9 Å². The van der Waals surface area contributed by atoms with Crippen LogP contribution in [-0.4, -0.2) is 40.2 Å². The summed E-state index contributed by atoms with van der Waals surface area (Å²) in [5.74, 6) is -0.265. The minimum Gasteiger partial charge on any atom is -0.480 e. The van der Waals surface area contributed by atoms with Crippen LogP contribution < -0.4 is 15.4 Å². The number of pyridine rings is 1. The van der Waals surface area contributed by atoms with Crippen molar-refractivity contribution in [3.05, 3.63) is 62.8 Å². The SMILES string of the molecule is CCCNC(=O)c1cc(Br)cc(C)c1NC(=O)c1cc(OC)nn1-c1ncccc1Cl. The highest BCUT2D eigenvalue weighted by molar-refractivity contribution is 9.10. The summed E-state index contributed by atoms with van der Waals surface area (Å²) in [4.78, 5) is 30.1. The topological polar surface area (TPSA) is 98.1 Å². The van der Waals surface area contributed by atoms with Crippen molar-refractivity contribution in [2.24, 2.45) is 0 Å². The number of hydrogen-bond acceptors (Lipinski definition) is 5. The Hall–Kier alpha value is -2.91. The molecule has 0 radical (unpaired) electrons. The van der Waals surface area contributed by atoms with Crippen LogP contribution in [0.15, 0.2) is 41.0 Å². The first kappa shape index (κ1) is 22.8. The molecular formula is C21H21BrClN5O3. The van der Waals surface area contributed by atoms with Crippen LogP contribution in [-0.2, 0) is 0 Å². The third kappa shape index (κ3) is 5.05. The molecule has 1 aromatic carbocycles. The van der Waals surface area contributed by atoms with Crippen LogP contribution >= 0.6 is 27.5 Å². The zero-order chi connectivity index (χ0) is 22.5. The molecule has 0 bridgehead atoms. The van der Waals surface area contributed by atoms with Crippen molar-refractivity contribution in [1.82, 2.24) is 20.1 Å². The van der Waals surface area contributed by atoms with Gasteiger partial charge in [-0.15, -0.1) is 5.10 Å². The number of methoxy groups -OCH3 is 1. The highest BCUT2D eigenvalue weighted by Gasteiger charge is 2.23. The molecule has 3 rings (SSSR count). The van der Waals surface area contributed by atoms with E-state index in [0.29, 0.717) is 22.8 Å². The molecular weight excluding hydrogens is 486 g/mol. The average molecular weight is 507 g/mol. The van der Waals surface area contributed by atoms with Crippen molar-refractivity contribution >= 4 is 45.0 Å². The lowest BCUT2D eigenvalue weighted by Crippen LogP contribution is -2.27. The van der Waals surface area contributed by atoms with E-state index in [1.807, 2.05) is 19.9 Å². The lowest BCUT2D eigenvalue weighted by Gasteiger charge is -2.15. The number of carbonyl (C=O) groups excluding carboxylic acids is 2. The Morgan fingerprint density at radius 1 is 1.26 bits per heavy atom. The number of rotatable bonds is 7. The second-order valence-corrected chi connectivity index (χ2v) is 7.97. The van der Waals surface area contributed by atoms with Crippen LogP contribution in [0.2, 0.25) is 5.02 Å². The van der Waals surface area contributed by atoms with Gasteiger partial charge < -0.3 is 15.4 Å². The number of nitrogens with one attached hydrogen (secondary N) is 2. The minimum atomic E-state index is -0.493. The fourth-order valence-corrected chi connectivity index (χ4v) is 3.69. The average Bonchev–Trinajstić information content (AvgIpc) is 3.18. The number of benzene rings is 1. The monoisotopic (exact) mass is 505 g/mol. The van der Waals surface area contributed by atoms with Crippen LogP contribution in [0.25, 0.3) is 5.82 Å². The maximum atomic E-state index is 13.2. The highest BCUT2D eigenvalue weighted by atomic mass is 79.9. The summed E-state index contributed by atoms with van der Waals surface area (Å²) in [5.41, 5.74) is 1.63. The first-order chi connectivity index (χ1) is 14.8. The van der Waals surface area contributed by atoms with E-state index in [1.54, 1.807) is 24.4 Å². The first-order valence-corrected chi connectivity index (χ1v) is 10.7. The summed E-state index contributed by atoms with van der Waals surface area (Å²) in [6, 6.07) is 8.29. The fourth-order valence-electron chi connectivity index (χ4n) is 2.92. The predicted octanol–water partition coefficient (Wildman–Crippen LogP) is 4.39. The maximum absolute atomic E-state index is 13.2. The van der Waals surface area contributed by atoms with Crippen molar-refractivity contribution in [2.75, 3.05) is 19.0 Å². The van der Waals surface area contributed by atoms with Crippen molar-refractivity contribution in [2.45, 2.75) is 20.3 Å². The van der Waals surface area contributed by atoms with Crippen molar-refractivity contribution in [3.63, 3.8) is 0 Å². The van der Waals surface area contributed by atoms with Gasteiger partial charge in [0.05, 0.1) is 23.4 Å². The number of anilines is 1. The highest BCUT2D eigenvalue weighted by Crippen LogP contribution is 2.28. The second-order valence-electron chi connectivity index (χ2n) is 6.65. The number of nitrogens with zero attached hydrogens (tertiary/aromatic N) is 3. The molecule has 8 nitrogen and oxygen atoms in total. The molecule has 0 saturated heterocycles. The maximum Gasteiger partial charge on any atom is 0.274 e. The van der Waals surface area contributed by atoms with Gasteiger partial charge in [-0.05, 0) is 43.2 Å². The summed E-state index contributed by atoms with van der Waals surface area (Å²) < 4.78 is 7.23. The van der Waals surface area contributed by atoms with Gasteiger partial charge in [0, 0.05) is 23.3 Å². The van der Waals surface area contributed by atoms with Gasteiger partial charge in [-0.2, -0.15) is 0 Å². The molecule has 2 N–H and O–H groups in total. The predicted molar refractivity (Wildman–Crippen MR) is 122 cm³/mol. The number of carbonyl (C=O) groups is 2. The lowest BCUT2D eigenvalue weighted by atomic mass is 10.1. The largest absolute Gasteiger partial charge is 0.480 e. The molecule has 3 aromatic rings. The van der Waals surface area contributed by atoms with Gasteiger partial charge in [-0.25, -0.2) is 9.67 Å². The van der Waals surface area contributed by atoms with E-state index in [0.717, 1.165) is 16.5 Å². The normalized spacial score (nSPS) is 10.6. The summed E-state index contributed by atoms with van der Waals surface area (Å²) in [7, 11) is 1.45. The Kier molecular flexibility index (Phi) is 7.29. The van der Waals surface area contributed by atoms with Gasteiger partial charge in [0.2, 0.25) is 5.88 Å². The zero-order valence-electron chi connectivity index (χ0n) is 17.2. The number of aryl methyl sites for hydroxylation is 1. The van der Waals surface area contributed by atoms with Gasteiger partial charge >= 0.3 is 0 Å². The molecule has 10 heteroatoms. The van der Waals surface area contributed by atoms with Crippen LogP contribution in [0, 0.1) is 6.92 Å². The molecule has 162 valence electrons. The molecule has 0 aliphatic heterocycles. The van der Waals surface area contributed by atoms with Gasteiger partial charge in [0.25, 0.3) is 11.8 Å². The zero-order valence-corrected chi connectivity index (χ0v) is 19.5. The van der Waals surface area contributed by atoms with E-state index in [-0.39, 0.29) is 23.3 Å². The van der Waals surface area contributed by atoms with E-state index < -0.39 is 5.91 Å². The van der Waals surface area contributed by atoms with Crippen LogP contribution in [0.5, 0.6) is 5.88 Å². The Morgan fingerprint density at radius 3 is 2.71 bits per heavy atom. The van der Waals surface area contributed by atoms with Crippen molar-refractivity contribution < 1.29 is 14.3 Å². The summed E-state index contributed by atoms with van der Waals surface area (Å²) in [6.45, 7) is 4.30. The molecule has 2 amide bonds. The molecule has 0 aliphatic carbocycles. The molecule has 0 spiro atoms. The first-order valence-electron chi connectivity index (χ1n) is 9.50. The Labute approximate surface area is 193 Å². The lowest BCUT2D eigenvalue weighted by molar-refractivity contribution is 0.0954.